The highest BCUT2D eigenvalue weighted by Crippen LogP contribution is 2.29. The molecular formula is C18H26N2O4S. The minimum Gasteiger partial charge on any atom is -0.451 e. The molecule has 1 aromatic heterocycles. The normalized spacial score (nSPS) is 15.0. The molecule has 1 heterocycles. The second-order valence-electron chi connectivity index (χ2n) is 7.45. The van der Waals surface area contributed by atoms with Gasteiger partial charge in [0.1, 0.15) is 4.88 Å². The first-order valence-corrected chi connectivity index (χ1v) is 9.37. The summed E-state index contributed by atoms with van der Waals surface area (Å²) in [5.74, 6) is -0.930. The molecule has 0 atom stereocenters. The molecule has 0 saturated heterocycles. The number of ether oxygens (including phenoxy) is 1. The van der Waals surface area contributed by atoms with Crippen LogP contribution in [0.2, 0.25) is 0 Å². The van der Waals surface area contributed by atoms with Crippen LogP contribution >= 0.6 is 11.3 Å². The number of hydrogen-bond donors (Lipinski definition) is 2. The van der Waals surface area contributed by atoms with Gasteiger partial charge in [0.25, 0.3) is 5.91 Å². The standard InChI is InChI=1S/C18H26N2O4S/c1-11-9-14(20-17(23)18(2,3)4)25-15(11)16(22)24-10-13(21)19-12-7-5-6-8-12/h9,12H,5-8,10H2,1-4H3,(H,19,21)(H,20,23). The number of hydrogen-bond acceptors (Lipinski definition) is 5. The fraction of sp³-hybridized carbons (Fsp3) is 0.611. The molecule has 2 amide bonds. The van der Waals surface area contributed by atoms with Gasteiger partial charge in [-0.3, -0.25) is 9.59 Å². The van der Waals surface area contributed by atoms with Crippen LogP contribution in [0.4, 0.5) is 5.00 Å². The molecular weight excluding hydrogens is 340 g/mol. The maximum absolute atomic E-state index is 12.2. The third-order valence-electron chi connectivity index (χ3n) is 4.08. The average Bonchev–Trinajstić information content (AvgIpc) is 3.13. The minimum absolute atomic E-state index is 0.121. The van der Waals surface area contributed by atoms with Crippen molar-refractivity contribution >= 4 is 34.1 Å². The lowest BCUT2D eigenvalue weighted by Crippen LogP contribution is -2.35. The van der Waals surface area contributed by atoms with Gasteiger partial charge in [-0.25, -0.2) is 4.79 Å². The largest absolute Gasteiger partial charge is 0.451 e. The van der Waals surface area contributed by atoms with Crippen molar-refractivity contribution in [3.8, 4) is 0 Å². The number of rotatable bonds is 5. The highest BCUT2D eigenvalue weighted by molar-refractivity contribution is 7.18. The lowest BCUT2D eigenvalue weighted by atomic mass is 9.96. The van der Waals surface area contributed by atoms with Crippen LogP contribution in [-0.2, 0) is 14.3 Å². The zero-order chi connectivity index (χ0) is 18.6. The fourth-order valence-corrected chi connectivity index (χ4v) is 3.54. The van der Waals surface area contributed by atoms with Crippen LogP contribution in [0, 0.1) is 12.3 Å². The van der Waals surface area contributed by atoms with Crippen LogP contribution in [0.15, 0.2) is 6.07 Å². The van der Waals surface area contributed by atoms with Crippen molar-refractivity contribution in [1.82, 2.24) is 5.32 Å². The summed E-state index contributed by atoms with van der Waals surface area (Å²) in [5, 5.41) is 6.28. The molecule has 1 aromatic rings. The zero-order valence-corrected chi connectivity index (χ0v) is 16.0. The zero-order valence-electron chi connectivity index (χ0n) is 15.2. The van der Waals surface area contributed by atoms with Crippen LogP contribution in [0.3, 0.4) is 0 Å². The Hall–Kier alpha value is -1.89. The van der Waals surface area contributed by atoms with Gasteiger partial charge in [0, 0.05) is 11.5 Å². The third-order valence-corrected chi connectivity index (χ3v) is 5.21. The van der Waals surface area contributed by atoms with Crippen LogP contribution in [0.5, 0.6) is 0 Å². The SMILES string of the molecule is Cc1cc(NC(=O)C(C)(C)C)sc1C(=O)OCC(=O)NC1CCCC1. The molecule has 0 aliphatic heterocycles. The van der Waals surface area contributed by atoms with Gasteiger partial charge in [0.2, 0.25) is 5.91 Å². The van der Waals surface area contributed by atoms with Crippen molar-refractivity contribution in [2.24, 2.45) is 5.41 Å². The second kappa shape index (κ2) is 7.99. The smallest absolute Gasteiger partial charge is 0.349 e. The number of aryl methyl sites for hydroxylation is 1. The van der Waals surface area contributed by atoms with Gasteiger partial charge in [0.05, 0.1) is 5.00 Å². The highest BCUT2D eigenvalue weighted by atomic mass is 32.1. The van der Waals surface area contributed by atoms with E-state index in [4.69, 9.17) is 4.74 Å². The van der Waals surface area contributed by atoms with Gasteiger partial charge in [-0.15, -0.1) is 11.3 Å². The average molecular weight is 366 g/mol. The number of esters is 1. The maximum atomic E-state index is 12.2. The summed E-state index contributed by atoms with van der Waals surface area (Å²) in [6, 6.07) is 1.94. The monoisotopic (exact) mass is 366 g/mol. The number of anilines is 1. The predicted octanol–water partition coefficient (Wildman–Crippen LogP) is 3.26. The van der Waals surface area contributed by atoms with Crippen molar-refractivity contribution < 1.29 is 19.1 Å². The lowest BCUT2D eigenvalue weighted by Gasteiger charge is -2.16. The molecule has 1 saturated carbocycles. The molecule has 2 rings (SSSR count). The number of thiophene rings is 1. The van der Waals surface area contributed by atoms with Crippen molar-refractivity contribution in [3.05, 3.63) is 16.5 Å². The van der Waals surface area contributed by atoms with Gasteiger partial charge in [-0.05, 0) is 31.4 Å². The van der Waals surface area contributed by atoms with Gasteiger partial charge in [-0.1, -0.05) is 33.6 Å². The van der Waals surface area contributed by atoms with E-state index in [1.54, 1.807) is 13.0 Å². The Balaban J connectivity index is 1.88. The number of carbonyl (C=O) groups excluding carboxylic acids is 3. The van der Waals surface area contributed by atoms with E-state index in [1.807, 2.05) is 20.8 Å². The molecule has 2 N–H and O–H groups in total. The Morgan fingerprint density at radius 1 is 1.24 bits per heavy atom. The highest BCUT2D eigenvalue weighted by Gasteiger charge is 2.24. The summed E-state index contributed by atoms with van der Waals surface area (Å²) in [5.41, 5.74) is 0.201. The van der Waals surface area contributed by atoms with E-state index < -0.39 is 11.4 Å². The lowest BCUT2D eigenvalue weighted by molar-refractivity contribution is -0.125. The van der Waals surface area contributed by atoms with Crippen LogP contribution in [0.1, 0.15) is 61.7 Å². The van der Waals surface area contributed by atoms with Crippen LogP contribution in [-0.4, -0.2) is 30.4 Å². The second-order valence-corrected chi connectivity index (χ2v) is 8.50. The van der Waals surface area contributed by atoms with E-state index in [0.29, 0.717) is 9.88 Å². The van der Waals surface area contributed by atoms with Crippen molar-refractivity contribution in [2.75, 3.05) is 11.9 Å². The van der Waals surface area contributed by atoms with Gasteiger partial charge in [-0.2, -0.15) is 0 Å². The fourth-order valence-electron chi connectivity index (χ4n) is 2.58. The summed E-state index contributed by atoms with van der Waals surface area (Å²) in [7, 11) is 0. The molecule has 25 heavy (non-hydrogen) atoms. The van der Waals surface area contributed by atoms with E-state index in [0.717, 1.165) is 42.6 Å². The third kappa shape index (κ3) is 5.56. The molecule has 1 fully saturated rings. The van der Waals surface area contributed by atoms with Crippen molar-refractivity contribution in [2.45, 2.75) is 59.4 Å². The molecule has 7 heteroatoms. The molecule has 0 bridgehead atoms. The number of carbonyl (C=O) groups is 3. The van der Waals surface area contributed by atoms with Crippen molar-refractivity contribution in [3.63, 3.8) is 0 Å². The topological polar surface area (TPSA) is 84.5 Å². The first-order chi connectivity index (χ1) is 11.7. The molecule has 1 aliphatic carbocycles. The summed E-state index contributed by atoms with van der Waals surface area (Å²) in [6.45, 7) is 6.96. The Morgan fingerprint density at radius 3 is 2.48 bits per heavy atom. The summed E-state index contributed by atoms with van der Waals surface area (Å²) in [4.78, 5) is 36.5. The maximum Gasteiger partial charge on any atom is 0.349 e. The Morgan fingerprint density at radius 2 is 1.88 bits per heavy atom. The van der Waals surface area contributed by atoms with Gasteiger partial charge >= 0.3 is 5.97 Å². The van der Waals surface area contributed by atoms with Gasteiger partial charge in [0.15, 0.2) is 6.61 Å². The first kappa shape index (κ1) is 19.4. The molecule has 138 valence electrons. The molecule has 6 nitrogen and oxygen atoms in total. The molecule has 1 aliphatic rings. The number of amides is 2. The molecule has 0 aromatic carbocycles. The van der Waals surface area contributed by atoms with E-state index >= 15 is 0 Å². The van der Waals surface area contributed by atoms with E-state index in [1.165, 1.54) is 0 Å². The van der Waals surface area contributed by atoms with E-state index in [9.17, 15) is 14.4 Å². The van der Waals surface area contributed by atoms with Crippen LogP contribution in [0.25, 0.3) is 0 Å². The summed E-state index contributed by atoms with van der Waals surface area (Å²) in [6.07, 6.45) is 4.23. The Kier molecular flexibility index (Phi) is 6.21. The molecule has 0 spiro atoms. The Labute approximate surface area is 152 Å². The summed E-state index contributed by atoms with van der Waals surface area (Å²) < 4.78 is 5.11. The molecule has 0 radical (unpaired) electrons. The molecule has 0 unspecified atom stereocenters. The quantitative estimate of drug-likeness (QED) is 0.784. The number of nitrogens with one attached hydrogen (secondary N) is 2. The van der Waals surface area contributed by atoms with Crippen molar-refractivity contribution in [1.29, 1.82) is 0 Å². The minimum atomic E-state index is -0.541. The van der Waals surface area contributed by atoms with Crippen LogP contribution < -0.4 is 10.6 Å². The Bertz CT molecular complexity index is 655. The first-order valence-electron chi connectivity index (χ1n) is 8.55. The predicted molar refractivity (Wildman–Crippen MR) is 97.8 cm³/mol. The van der Waals surface area contributed by atoms with E-state index in [2.05, 4.69) is 10.6 Å². The van der Waals surface area contributed by atoms with Gasteiger partial charge < -0.3 is 15.4 Å². The summed E-state index contributed by atoms with van der Waals surface area (Å²) >= 11 is 1.16. The van der Waals surface area contributed by atoms with E-state index in [-0.39, 0.29) is 24.5 Å².